The molecule has 9 nitrogen and oxygen atoms in total. The molecule has 222 valence electrons. The molecule has 0 bridgehead atoms. The van der Waals surface area contributed by atoms with E-state index in [1.165, 1.54) is 12.1 Å². The topological polar surface area (TPSA) is 153 Å². The van der Waals surface area contributed by atoms with Gasteiger partial charge in [-0.2, -0.15) is 13.2 Å². The first-order valence-electron chi connectivity index (χ1n) is 12.0. The average molecular weight is 630 g/mol. The fraction of sp³-hybridized carbons (Fsp3) is 0.231. The first kappa shape index (κ1) is 30.9. The number of nitrogens with two attached hydrogens (primary N) is 2. The highest BCUT2D eigenvalue weighted by Crippen LogP contribution is 2.42. The number of nitrogens with zero attached hydrogens (tertiary/aromatic N) is 2. The van der Waals surface area contributed by atoms with Gasteiger partial charge in [0.2, 0.25) is 11.5 Å². The number of carbonyl (C=O) groups is 2. The summed E-state index contributed by atoms with van der Waals surface area (Å²) in [5.41, 5.74) is 4.85. The third-order valence-electron chi connectivity index (χ3n) is 6.02. The number of pyridine rings is 1. The molecule has 0 spiro atoms. The van der Waals surface area contributed by atoms with Crippen LogP contribution in [0.5, 0.6) is 5.75 Å². The van der Waals surface area contributed by atoms with E-state index in [9.17, 15) is 36.6 Å². The lowest BCUT2D eigenvalue weighted by molar-refractivity contribution is -0.265. The highest BCUT2D eigenvalue weighted by atomic mass is 35.5. The predicted molar refractivity (Wildman–Crippen MR) is 145 cm³/mol. The number of thiazole rings is 1. The molecule has 0 aliphatic carbocycles. The summed E-state index contributed by atoms with van der Waals surface area (Å²) in [6, 6.07) is 5.97. The highest BCUT2D eigenvalue weighted by Gasteiger charge is 2.56. The molecule has 0 saturated carbocycles. The van der Waals surface area contributed by atoms with Crippen LogP contribution in [0.2, 0.25) is 5.02 Å². The average Bonchev–Trinajstić information content (AvgIpc) is 3.29. The van der Waals surface area contributed by atoms with Crippen LogP contribution in [0.1, 0.15) is 28.5 Å². The minimum atomic E-state index is -5.45. The summed E-state index contributed by atoms with van der Waals surface area (Å²) in [6.45, 7) is 0.0452. The SMILES string of the molecule is CCOc1c(CC(N)=O)cc([C@@](O)(CNC(=O)c2cc(F)c3nc(N)sc3c2)C(F)(F)F)nc1-c1ccc(Cl)c(F)c1. The van der Waals surface area contributed by atoms with Gasteiger partial charge in [-0.1, -0.05) is 29.0 Å². The number of nitrogen functional groups attached to an aromatic ring is 1. The van der Waals surface area contributed by atoms with Crippen LogP contribution in [0.25, 0.3) is 21.5 Å². The molecule has 42 heavy (non-hydrogen) atoms. The molecule has 0 aliphatic rings. The summed E-state index contributed by atoms with van der Waals surface area (Å²) < 4.78 is 78.0. The van der Waals surface area contributed by atoms with Crippen LogP contribution >= 0.6 is 22.9 Å². The smallest absolute Gasteiger partial charge is 0.424 e. The number of benzene rings is 2. The molecule has 0 aliphatic heterocycles. The molecule has 2 aromatic carbocycles. The third-order valence-corrected chi connectivity index (χ3v) is 7.16. The maximum atomic E-state index is 14.5. The fourth-order valence-corrected chi connectivity index (χ4v) is 4.95. The second-order valence-electron chi connectivity index (χ2n) is 8.95. The van der Waals surface area contributed by atoms with Crippen LogP contribution in [-0.2, 0) is 16.8 Å². The van der Waals surface area contributed by atoms with E-state index in [1.807, 2.05) is 5.32 Å². The summed E-state index contributed by atoms with van der Waals surface area (Å²) in [6.07, 6.45) is -6.08. The quantitative estimate of drug-likeness (QED) is 0.199. The molecule has 2 amide bonds. The number of anilines is 1. The number of primary amides is 1. The standard InChI is InChI=1S/C26H21ClF5N5O4S/c1-2-41-22-12(9-19(33)38)8-18(36-20(22)11-3-4-14(27)15(28)5-11)25(40,26(30,31)32)10-35-23(39)13-6-16(29)21-17(7-13)42-24(34)37-21/h3-8,40H,2,9-10H2,1H3,(H2,33,38)(H2,34,37)(H,35,39)/t25-/m0/s1. The number of amides is 2. The normalized spacial score (nSPS) is 13.1. The van der Waals surface area contributed by atoms with Gasteiger partial charge in [0.25, 0.3) is 5.91 Å². The van der Waals surface area contributed by atoms with Crippen molar-refractivity contribution in [2.75, 3.05) is 18.9 Å². The zero-order chi connectivity index (χ0) is 31.0. The minimum absolute atomic E-state index is 0.0117. The molecule has 4 aromatic rings. The second kappa shape index (κ2) is 11.7. The zero-order valence-corrected chi connectivity index (χ0v) is 23.1. The third kappa shape index (κ3) is 6.07. The summed E-state index contributed by atoms with van der Waals surface area (Å²) in [4.78, 5) is 32.4. The van der Waals surface area contributed by atoms with Crippen molar-refractivity contribution in [2.45, 2.75) is 25.1 Å². The van der Waals surface area contributed by atoms with Crippen molar-refractivity contribution in [3.05, 3.63) is 69.9 Å². The number of nitrogens with one attached hydrogen (secondary N) is 1. The van der Waals surface area contributed by atoms with Gasteiger partial charge in [0.15, 0.2) is 10.9 Å². The van der Waals surface area contributed by atoms with Gasteiger partial charge in [-0.15, -0.1) is 0 Å². The Morgan fingerprint density at radius 1 is 1.12 bits per heavy atom. The van der Waals surface area contributed by atoms with E-state index in [4.69, 9.17) is 27.8 Å². The Hall–Kier alpha value is -4.08. The van der Waals surface area contributed by atoms with E-state index in [1.54, 1.807) is 6.92 Å². The number of halogens is 6. The van der Waals surface area contributed by atoms with Gasteiger partial charge < -0.3 is 26.6 Å². The summed E-state index contributed by atoms with van der Waals surface area (Å²) in [5.74, 6) is -4.14. The van der Waals surface area contributed by atoms with Crippen molar-refractivity contribution < 1.29 is 41.4 Å². The lowest BCUT2D eigenvalue weighted by Gasteiger charge is -2.31. The number of hydrogen-bond donors (Lipinski definition) is 4. The summed E-state index contributed by atoms with van der Waals surface area (Å²) in [5, 5.41) is 12.7. The molecule has 0 fully saturated rings. The van der Waals surface area contributed by atoms with Crippen molar-refractivity contribution in [1.29, 1.82) is 0 Å². The van der Waals surface area contributed by atoms with Gasteiger partial charge in [-0.25, -0.2) is 18.7 Å². The van der Waals surface area contributed by atoms with Gasteiger partial charge in [0.05, 0.1) is 35.0 Å². The summed E-state index contributed by atoms with van der Waals surface area (Å²) in [7, 11) is 0. The van der Waals surface area contributed by atoms with Crippen LogP contribution in [0.3, 0.4) is 0 Å². The van der Waals surface area contributed by atoms with E-state index in [0.717, 1.165) is 35.6 Å². The van der Waals surface area contributed by atoms with Crippen LogP contribution in [0, 0.1) is 11.6 Å². The van der Waals surface area contributed by atoms with E-state index in [2.05, 4.69) is 9.97 Å². The number of aliphatic hydroxyl groups is 1. The molecule has 6 N–H and O–H groups in total. The van der Waals surface area contributed by atoms with Gasteiger partial charge in [-0.05, 0) is 37.3 Å². The number of aromatic nitrogens is 2. The Morgan fingerprint density at radius 2 is 1.83 bits per heavy atom. The Kier molecular flexibility index (Phi) is 8.57. The minimum Gasteiger partial charge on any atom is -0.491 e. The predicted octanol–water partition coefficient (Wildman–Crippen LogP) is 4.48. The Labute approximate surface area is 243 Å². The zero-order valence-electron chi connectivity index (χ0n) is 21.5. The molecule has 1 atom stereocenters. The molecule has 0 unspecified atom stereocenters. The number of hydrogen-bond acceptors (Lipinski definition) is 8. The van der Waals surface area contributed by atoms with Gasteiger partial charge >= 0.3 is 6.18 Å². The first-order valence-corrected chi connectivity index (χ1v) is 13.2. The monoisotopic (exact) mass is 629 g/mol. The van der Waals surface area contributed by atoms with E-state index < -0.39 is 53.9 Å². The van der Waals surface area contributed by atoms with Crippen LogP contribution in [-0.4, -0.2) is 46.2 Å². The number of alkyl halides is 3. The molecular formula is C26H21ClF5N5O4S. The van der Waals surface area contributed by atoms with Gasteiger partial charge in [-0.3, -0.25) is 9.59 Å². The van der Waals surface area contributed by atoms with E-state index >= 15 is 0 Å². The lowest BCUT2D eigenvalue weighted by atomic mass is 9.93. The molecule has 2 aromatic heterocycles. The number of ether oxygens (including phenoxy) is 1. The molecular weight excluding hydrogens is 609 g/mol. The first-order chi connectivity index (χ1) is 19.6. The molecule has 16 heteroatoms. The fourth-order valence-electron chi connectivity index (χ4n) is 4.04. The molecule has 2 heterocycles. The van der Waals surface area contributed by atoms with Crippen molar-refractivity contribution in [3.8, 4) is 17.0 Å². The van der Waals surface area contributed by atoms with Crippen LogP contribution in [0.15, 0.2) is 36.4 Å². The molecule has 0 saturated heterocycles. The number of carbonyl (C=O) groups excluding carboxylic acids is 2. The molecule has 0 radical (unpaired) electrons. The van der Waals surface area contributed by atoms with Gasteiger partial charge in [0, 0.05) is 16.7 Å². The van der Waals surface area contributed by atoms with E-state index in [-0.39, 0.29) is 55.1 Å². The van der Waals surface area contributed by atoms with E-state index in [0.29, 0.717) is 0 Å². The Morgan fingerprint density at radius 3 is 2.45 bits per heavy atom. The Balaban J connectivity index is 1.82. The van der Waals surface area contributed by atoms with Crippen molar-refractivity contribution >= 4 is 50.1 Å². The van der Waals surface area contributed by atoms with Crippen LogP contribution < -0.4 is 21.5 Å². The van der Waals surface area contributed by atoms with Crippen molar-refractivity contribution in [2.24, 2.45) is 5.73 Å². The molecule has 4 rings (SSSR count). The lowest BCUT2D eigenvalue weighted by Crippen LogP contribution is -2.51. The maximum Gasteiger partial charge on any atom is 0.424 e. The number of rotatable bonds is 9. The maximum absolute atomic E-state index is 14.5. The van der Waals surface area contributed by atoms with Crippen molar-refractivity contribution in [3.63, 3.8) is 0 Å². The second-order valence-corrected chi connectivity index (χ2v) is 10.4. The van der Waals surface area contributed by atoms with Gasteiger partial charge in [0.1, 0.15) is 22.8 Å². The summed E-state index contributed by atoms with van der Waals surface area (Å²) >= 11 is 6.61. The van der Waals surface area contributed by atoms with Crippen LogP contribution in [0.4, 0.5) is 27.1 Å². The highest BCUT2D eigenvalue weighted by molar-refractivity contribution is 7.22. The van der Waals surface area contributed by atoms with Crippen molar-refractivity contribution in [1.82, 2.24) is 15.3 Å². The largest absolute Gasteiger partial charge is 0.491 e. The Bertz CT molecular complexity index is 1700. The number of fused-ring (bicyclic) bond motifs is 1.